The maximum Gasteiger partial charge on any atom is 0.311 e. The summed E-state index contributed by atoms with van der Waals surface area (Å²) in [6, 6.07) is 2.01. The third-order valence-electron chi connectivity index (χ3n) is 5.21. The molecule has 1 amide bonds. The number of carboxylic acid groups (broad SMARTS) is 1. The molecule has 6 heteroatoms. The van der Waals surface area contributed by atoms with Crippen LogP contribution in [0.15, 0.2) is 6.07 Å². The van der Waals surface area contributed by atoms with Crippen LogP contribution in [0.4, 0.5) is 0 Å². The van der Waals surface area contributed by atoms with E-state index in [-0.39, 0.29) is 12.5 Å². The van der Waals surface area contributed by atoms with Crippen LogP contribution >= 0.6 is 11.3 Å². The largest absolute Gasteiger partial charge is 0.481 e. The number of rotatable bonds is 4. The molecule has 1 saturated heterocycles. The van der Waals surface area contributed by atoms with Gasteiger partial charge in [-0.2, -0.15) is 0 Å². The summed E-state index contributed by atoms with van der Waals surface area (Å²) < 4.78 is 5.27. The van der Waals surface area contributed by atoms with E-state index in [1.807, 2.05) is 6.07 Å². The Morgan fingerprint density at radius 2 is 1.88 bits per heavy atom. The highest BCUT2D eigenvalue weighted by atomic mass is 32.1. The van der Waals surface area contributed by atoms with Gasteiger partial charge in [0.25, 0.3) is 5.91 Å². The number of aliphatic carboxylic acids is 1. The van der Waals surface area contributed by atoms with E-state index in [1.54, 1.807) is 11.3 Å². The molecule has 1 aliphatic carbocycles. The number of carbonyl (C=O) groups is 2. The fraction of sp³-hybridized carbons (Fsp3) is 0.667. The highest BCUT2D eigenvalue weighted by Crippen LogP contribution is 2.31. The van der Waals surface area contributed by atoms with Crippen LogP contribution in [-0.4, -0.2) is 36.7 Å². The molecule has 1 aromatic heterocycles. The Kier molecular flexibility index (Phi) is 5.56. The van der Waals surface area contributed by atoms with Gasteiger partial charge in [0.2, 0.25) is 0 Å². The third-order valence-corrected chi connectivity index (χ3v) is 6.45. The number of hydrogen-bond acceptors (Lipinski definition) is 4. The maximum atomic E-state index is 12.5. The molecule has 1 aliphatic heterocycles. The van der Waals surface area contributed by atoms with Gasteiger partial charge in [0, 0.05) is 24.6 Å². The number of fused-ring (bicyclic) bond motifs is 1. The second kappa shape index (κ2) is 7.66. The number of amides is 1. The molecule has 0 atom stereocenters. The monoisotopic (exact) mass is 351 g/mol. The number of ether oxygens (including phenoxy) is 1. The molecule has 0 spiro atoms. The zero-order valence-corrected chi connectivity index (χ0v) is 14.8. The van der Waals surface area contributed by atoms with Crippen LogP contribution in [0.3, 0.4) is 0 Å². The summed E-state index contributed by atoms with van der Waals surface area (Å²) in [7, 11) is 0. The Balaban J connectivity index is 1.66. The summed E-state index contributed by atoms with van der Waals surface area (Å²) in [4.78, 5) is 26.2. The Labute approximate surface area is 146 Å². The van der Waals surface area contributed by atoms with E-state index in [9.17, 15) is 14.7 Å². The number of aryl methyl sites for hydroxylation is 2. The van der Waals surface area contributed by atoms with Crippen LogP contribution in [-0.2, 0) is 22.4 Å². The Hall–Kier alpha value is -1.40. The molecule has 0 unspecified atom stereocenters. The van der Waals surface area contributed by atoms with Crippen molar-refractivity contribution in [2.75, 3.05) is 19.8 Å². The van der Waals surface area contributed by atoms with Crippen molar-refractivity contribution >= 4 is 23.2 Å². The summed E-state index contributed by atoms with van der Waals surface area (Å²) in [6.07, 6.45) is 7.91. The smallest absolute Gasteiger partial charge is 0.311 e. The average molecular weight is 351 g/mol. The van der Waals surface area contributed by atoms with Gasteiger partial charge < -0.3 is 15.2 Å². The molecule has 132 valence electrons. The molecule has 2 heterocycles. The number of nitrogens with one attached hydrogen (secondary N) is 1. The molecular formula is C18H25NO4S. The molecule has 1 aromatic rings. The molecule has 2 aliphatic rings. The lowest BCUT2D eigenvalue weighted by Gasteiger charge is -2.33. The fourth-order valence-corrected chi connectivity index (χ4v) is 4.69. The molecule has 0 bridgehead atoms. The molecule has 24 heavy (non-hydrogen) atoms. The van der Waals surface area contributed by atoms with E-state index in [2.05, 4.69) is 5.32 Å². The van der Waals surface area contributed by atoms with Gasteiger partial charge in [-0.25, -0.2) is 0 Å². The topological polar surface area (TPSA) is 75.6 Å². The maximum absolute atomic E-state index is 12.5. The van der Waals surface area contributed by atoms with Crippen molar-refractivity contribution in [1.82, 2.24) is 5.32 Å². The highest BCUT2D eigenvalue weighted by molar-refractivity contribution is 7.14. The minimum atomic E-state index is -0.889. The summed E-state index contributed by atoms with van der Waals surface area (Å²) in [5.41, 5.74) is 0.420. The van der Waals surface area contributed by atoms with Crippen LogP contribution in [0.1, 0.15) is 58.6 Å². The van der Waals surface area contributed by atoms with Gasteiger partial charge in [0.15, 0.2) is 0 Å². The number of carboxylic acids is 1. The number of carbonyl (C=O) groups excluding carboxylic acids is 1. The predicted molar refractivity (Wildman–Crippen MR) is 92.7 cm³/mol. The van der Waals surface area contributed by atoms with Gasteiger partial charge in [-0.3, -0.25) is 9.59 Å². The molecule has 2 N–H and O–H groups in total. The van der Waals surface area contributed by atoms with E-state index in [1.165, 1.54) is 36.1 Å². The molecule has 5 nitrogen and oxygen atoms in total. The summed E-state index contributed by atoms with van der Waals surface area (Å²) in [5, 5.41) is 12.4. The van der Waals surface area contributed by atoms with Crippen molar-refractivity contribution in [3.63, 3.8) is 0 Å². The predicted octanol–water partition coefficient (Wildman–Crippen LogP) is 3.02. The minimum absolute atomic E-state index is 0.140. The van der Waals surface area contributed by atoms with Crippen molar-refractivity contribution in [2.24, 2.45) is 5.41 Å². The first kappa shape index (κ1) is 17.4. The highest BCUT2D eigenvalue weighted by Gasteiger charge is 2.40. The van der Waals surface area contributed by atoms with E-state index >= 15 is 0 Å². The molecule has 0 aromatic carbocycles. The SMILES string of the molecule is O=C(NCC1(C(=O)O)CCOCC1)c1cc2c(s1)CCCCCC2. The van der Waals surface area contributed by atoms with Crippen LogP contribution in [0.2, 0.25) is 0 Å². The zero-order valence-electron chi connectivity index (χ0n) is 13.9. The van der Waals surface area contributed by atoms with E-state index in [0.717, 1.165) is 17.7 Å². The Bertz CT molecular complexity index is 579. The van der Waals surface area contributed by atoms with E-state index < -0.39 is 11.4 Å². The van der Waals surface area contributed by atoms with Crippen LogP contribution in [0.5, 0.6) is 0 Å². The number of hydrogen-bond donors (Lipinski definition) is 2. The van der Waals surface area contributed by atoms with Gasteiger partial charge in [0.1, 0.15) is 0 Å². The van der Waals surface area contributed by atoms with Crippen LogP contribution in [0, 0.1) is 5.41 Å². The second-order valence-corrected chi connectivity index (χ2v) is 7.99. The quantitative estimate of drug-likeness (QED) is 0.874. The van der Waals surface area contributed by atoms with Crippen LogP contribution < -0.4 is 5.32 Å². The standard InChI is InChI=1S/C18H25NO4S/c20-16(19-12-18(17(21)22)7-9-23-10-8-18)15-11-13-5-3-1-2-4-6-14(13)24-15/h11H,1-10,12H2,(H,19,20)(H,21,22). The van der Waals surface area contributed by atoms with Gasteiger partial charge in [-0.15, -0.1) is 11.3 Å². The summed E-state index contributed by atoms with van der Waals surface area (Å²) in [5.74, 6) is -0.983. The van der Waals surface area contributed by atoms with Gasteiger partial charge in [-0.05, 0) is 50.2 Å². The van der Waals surface area contributed by atoms with E-state index in [0.29, 0.717) is 26.1 Å². The molecule has 1 fully saturated rings. The van der Waals surface area contributed by atoms with Crippen LogP contribution in [0.25, 0.3) is 0 Å². The zero-order chi connectivity index (χ0) is 17.0. The fourth-order valence-electron chi connectivity index (χ4n) is 3.52. The van der Waals surface area contributed by atoms with Crippen molar-refractivity contribution < 1.29 is 19.4 Å². The van der Waals surface area contributed by atoms with Gasteiger partial charge >= 0.3 is 5.97 Å². The normalized spacial score (nSPS) is 20.5. The molecular weight excluding hydrogens is 326 g/mol. The first-order valence-electron chi connectivity index (χ1n) is 8.82. The second-order valence-electron chi connectivity index (χ2n) is 6.85. The van der Waals surface area contributed by atoms with Gasteiger partial charge in [-0.1, -0.05) is 12.8 Å². The first-order chi connectivity index (χ1) is 11.6. The lowest BCUT2D eigenvalue weighted by Crippen LogP contribution is -2.46. The van der Waals surface area contributed by atoms with Crippen molar-refractivity contribution in [3.05, 3.63) is 21.4 Å². The van der Waals surface area contributed by atoms with Crippen molar-refractivity contribution in [3.8, 4) is 0 Å². The molecule has 0 saturated carbocycles. The van der Waals surface area contributed by atoms with Crippen molar-refractivity contribution in [2.45, 2.75) is 51.4 Å². The minimum Gasteiger partial charge on any atom is -0.481 e. The average Bonchev–Trinajstić information content (AvgIpc) is 2.95. The summed E-state index contributed by atoms with van der Waals surface area (Å²) in [6.45, 7) is 1.05. The number of thiophene rings is 1. The Morgan fingerprint density at radius 3 is 2.58 bits per heavy atom. The van der Waals surface area contributed by atoms with E-state index in [4.69, 9.17) is 4.74 Å². The molecule has 0 radical (unpaired) electrons. The molecule has 3 rings (SSSR count). The first-order valence-corrected chi connectivity index (χ1v) is 9.63. The summed E-state index contributed by atoms with van der Waals surface area (Å²) >= 11 is 1.58. The lowest BCUT2D eigenvalue weighted by atomic mass is 9.80. The van der Waals surface area contributed by atoms with Crippen molar-refractivity contribution in [1.29, 1.82) is 0 Å². The Morgan fingerprint density at radius 1 is 1.17 bits per heavy atom. The lowest BCUT2D eigenvalue weighted by molar-refractivity contribution is -0.154. The van der Waals surface area contributed by atoms with Gasteiger partial charge in [0.05, 0.1) is 10.3 Å². The third kappa shape index (κ3) is 3.81.